The average molecular weight is 339 g/mol. The predicted octanol–water partition coefficient (Wildman–Crippen LogP) is 4.25. The highest BCUT2D eigenvalue weighted by molar-refractivity contribution is 7.13. The van der Waals surface area contributed by atoms with Gasteiger partial charge in [-0.25, -0.2) is 9.98 Å². The molecule has 3 rings (SSSR count). The molecule has 2 N–H and O–H groups in total. The molecule has 24 heavy (non-hydrogen) atoms. The summed E-state index contributed by atoms with van der Waals surface area (Å²) in [6.45, 7) is 8.04. The Kier molecular flexibility index (Phi) is 4.24. The molecule has 0 radical (unpaired) electrons. The van der Waals surface area contributed by atoms with Crippen molar-refractivity contribution in [3.8, 4) is 0 Å². The van der Waals surface area contributed by atoms with Gasteiger partial charge in [0.1, 0.15) is 0 Å². The molecule has 0 bridgehead atoms. The molecule has 0 fully saturated rings. The average Bonchev–Trinajstić information content (AvgIpc) is 3.00. The zero-order chi connectivity index (χ0) is 17.3. The van der Waals surface area contributed by atoms with E-state index in [-0.39, 0.29) is 5.54 Å². The summed E-state index contributed by atoms with van der Waals surface area (Å²) >= 11 is 1.52. The van der Waals surface area contributed by atoms with E-state index in [1.807, 2.05) is 62.2 Å². The Morgan fingerprint density at radius 3 is 2.67 bits per heavy atom. The Morgan fingerprint density at radius 1 is 1.21 bits per heavy atom. The molecule has 3 aromatic rings. The molecule has 0 aliphatic heterocycles. The largest absolute Gasteiger partial charge is 0.369 e. The smallest absolute Gasteiger partial charge is 0.203 e. The molecule has 0 saturated carbocycles. The van der Waals surface area contributed by atoms with Crippen LogP contribution in [0.3, 0.4) is 0 Å². The van der Waals surface area contributed by atoms with Crippen LogP contribution in [0.4, 0.5) is 10.8 Å². The third-order valence-electron chi connectivity index (χ3n) is 3.37. The monoisotopic (exact) mass is 339 g/mol. The van der Waals surface area contributed by atoms with E-state index in [4.69, 9.17) is 10.7 Å². The molecule has 0 spiro atoms. The van der Waals surface area contributed by atoms with Crippen molar-refractivity contribution in [1.29, 1.82) is 0 Å². The SMILES string of the molecule is Cc1ccc2cccc(N(C(N)=NC(C)(C)C)c3nccs3)c2n1. The zero-order valence-corrected chi connectivity index (χ0v) is 15.1. The van der Waals surface area contributed by atoms with Gasteiger partial charge in [-0.05, 0) is 39.8 Å². The number of aliphatic imine (C=N–C) groups is 1. The third-order valence-corrected chi connectivity index (χ3v) is 4.13. The van der Waals surface area contributed by atoms with Gasteiger partial charge in [-0.1, -0.05) is 18.2 Å². The number of nitrogens with zero attached hydrogens (tertiary/aromatic N) is 4. The quantitative estimate of drug-likeness (QED) is 0.560. The number of pyridine rings is 1. The van der Waals surface area contributed by atoms with Gasteiger partial charge in [-0.2, -0.15) is 0 Å². The lowest BCUT2D eigenvalue weighted by atomic mass is 10.1. The Labute approximate surface area is 145 Å². The van der Waals surface area contributed by atoms with Gasteiger partial charge < -0.3 is 5.73 Å². The van der Waals surface area contributed by atoms with Crippen LogP contribution < -0.4 is 10.6 Å². The maximum Gasteiger partial charge on any atom is 0.203 e. The molecule has 1 aromatic carbocycles. The van der Waals surface area contributed by atoms with E-state index in [1.165, 1.54) is 11.3 Å². The molecule has 5 nitrogen and oxygen atoms in total. The molecule has 6 heteroatoms. The summed E-state index contributed by atoms with van der Waals surface area (Å²) in [6, 6.07) is 10.1. The number of fused-ring (bicyclic) bond motifs is 1. The topological polar surface area (TPSA) is 67.4 Å². The number of benzene rings is 1. The van der Waals surface area contributed by atoms with Crippen LogP contribution in [0.2, 0.25) is 0 Å². The van der Waals surface area contributed by atoms with Crippen molar-refractivity contribution in [2.45, 2.75) is 33.2 Å². The second kappa shape index (κ2) is 6.20. The van der Waals surface area contributed by atoms with Gasteiger partial charge in [-0.15, -0.1) is 11.3 Å². The molecule has 2 aromatic heterocycles. The number of nitrogens with two attached hydrogens (primary N) is 1. The Morgan fingerprint density at radius 2 is 2.00 bits per heavy atom. The fourth-order valence-corrected chi connectivity index (χ4v) is 3.12. The first-order valence-corrected chi connectivity index (χ1v) is 8.64. The number of aromatic nitrogens is 2. The van der Waals surface area contributed by atoms with Crippen LogP contribution in [0, 0.1) is 6.92 Å². The van der Waals surface area contributed by atoms with E-state index in [9.17, 15) is 0 Å². The van der Waals surface area contributed by atoms with Crippen LogP contribution in [0.15, 0.2) is 46.9 Å². The van der Waals surface area contributed by atoms with Crippen LogP contribution >= 0.6 is 11.3 Å². The molecule has 0 atom stereocenters. The van der Waals surface area contributed by atoms with E-state index < -0.39 is 0 Å². The van der Waals surface area contributed by atoms with Crippen molar-refractivity contribution in [2.75, 3.05) is 4.90 Å². The van der Waals surface area contributed by atoms with Crippen molar-refractivity contribution in [2.24, 2.45) is 10.7 Å². The molecular formula is C18H21N5S. The van der Waals surface area contributed by atoms with E-state index in [1.54, 1.807) is 6.20 Å². The highest BCUT2D eigenvalue weighted by atomic mass is 32.1. The molecule has 0 unspecified atom stereocenters. The van der Waals surface area contributed by atoms with Crippen LogP contribution in [-0.4, -0.2) is 21.5 Å². The first kappa shape index (κ1) is 16.4. The summed E-state index contributed by atoms with van der Waals surface area (Å²) in [4.78, 5) is 15.6. The van der Waals surface area contributed by atoms with Gasteiger partial charge in [-0.3, -0.25) is 9.88 Å². The molecular weight excluding hydrogens is 318 g/mol. The van der Waals surface area contributed by atoms with Crippen molar-refractivity contribution >= 4 is 39.0 Å². The van der Waals surface area contributed by atoms with Crippen molar-refractivity contribution in [1.82, 2.24) is 9.97 Å². The van der Waals surface area contributed by atoms with Gasteiger partial charge >= 0.3 is 0 Å². The summed E-state index contributed by atoms with van der Waals surface area (Å²) in [6.07, 6.45) is 1.77. The number of rotatable bonds is 2. The Balaban J connectivity index is 2.24. The summed E-state index contributed by atoms with van der Waals surface area (Å²) < 4.78 is 0. The lowest BCUT2D eigenvalue weighted by Gasteiger charge is -2.24. The standard InChI is InChI=1S/C18H21N5S/c1-12-8-9-13-6-5-7-14(15(13)21-12)23(17-20-10-11-24-17)16(19)22-18(2,3)4/h5-11H,1-4H3,(H2,19,22). The lowest BCUT2D eigenvalue weighted by molar-refractivity contribution is 0.582. The normalized spacial score (nSPS) is 12.6. The maximum absolute atomic E-state index is 6.37. The van der Waals surface area contributed by atoms with E-state index in [2.05, 4.69) is 16.0 Å². The fraction of sp³-hybridized carbons (Fsp3) is 0.278. The van der Waals surface area contributed by atoms with Crippen molar-refractivity contribution in [3.63, 3.8) is 0 Å². The Bertz CT molecular complexity index is 878. The predicted molar refractivity (Wildman–Crippen MR) is 102 cm³/mol. The molecule has 124 valence electrons. The van der Waals surface area contributed by atoms with E-state index in [0.717, 1.165) is 27.4 Å². The first-order chi connectivity index (χ1) is 11.3. The van der Waals surface area contributed by atoms with Gasteiger partial charge in [0, 0.05) is 22.7 Å². The fourth-order valence-electron chi connectivity index (χ4n) is 2.45. The number of aryl methyl sites for hydroxylation is 1. The van der Waals surface area contributed by atoms with Gasteiger partial charge in [0.15, 0.2) is 5.13 Å². The highest BCUT2D eigenvalue weighted by Crippen LogP contribution is 2.32. The van der Waals surface area contributed by atoms with Crippen LogP contribution in [0.1, 0.15) is 26.5 Å². The second-order valence-corrected chi connectivity index (χ2v) is 7.47. The van der Waals surface area contributed by atoms with Gasteiger partial charge in [0.2, 0.25) is 5.96 Å². The number of para-hydroxylation sites is 1. The van der Waals surface area contributed by atoms with Crippen LogP contribution in [0.5, 0.6) is 0 Å². The van der Waals surface area contributed by atoms with Gasteiger partial charge in [0.05, 0.1) is 16.7 Å². The maximum atomic E-state index is 6.37. The lowest BCUT2D eigenvalue weighted by Crippen LogP contribution is -2.36. The van der Waals surface area contributed by atoms with Crippen molar-refractivity contribution < 1.29 is 0 Å². The summed E-state index contributed by atoms with van der Waals surface area (Å²) in [7, 11) is 0. The molecule has 0 aliphatic rings. The zero-order valence-electron chi connectivity index (χ0n) is 14.3. The molecule has 0 aliphatic carbocycles. The van der Waals surface area contributed by atoms with Crippen LogP contribution in [-0.2, 0) is 0 Å². The summed E-state index contributed by atoms with van der Waals surface area (Å²) in [5.41, 5.74) is 8.82. The van der Waals surface area contributed by atoms with E-state index >= 15 is 0 Å². The molecule has 0 saturated heterocycles. The first-order valence-electron chi connectivity index (χ1n) is 7.76. The van der Waals surface area contributed by atoms with Crippen LogP contribution in [0.25, 0.3) is 10.9 Å². The number of thiazole rings is 1. The third kappa shape index (κ3) is 3.38. The Hall–Kier alpha value is -2.47. The molecule has 2 heterocycles. The minimum Gasteiger partial charge on any atom is -0.369 e. The highest BCUT2D eigenvalue weighted by Gasteiger charge is 2.21. The second-order valence-electron chi connectivity index (χ2n) is 6.59. The van der Waals surface area contributed by atoms with Gasteiger partial charge in [0.25, 0.3) is 0 Å². The molecule has 0 amide bonds. The number of hydrogen-bond donors (Lipinski definition) is 1. The summed E-state index contributed by atoms with van der Waals surface area (Å²) in [5, 5.41) is 3.76. The van der Waals surface area contributed by atoms with Crippen molar-refractivity contribution in [3.05, 3.63) is 47.6 Å². The van der Waals surface area contributed by atoms with E-state index in [0.29, 0.717) is 5.96 Å². The number of guanidine groups is 1. The number of anilines is 2. The minimum absolute atomic E-state index is 0.284. The summed E-state index contributed by atoms with van der Waals surface area (Å²) in [5.74, 6) is 0.410. The number of hydrogen-bond acceptors (Lipinski definition) is 4. The minimum atomic E-state index is -0.284.